The molecule has 9 nitrogen and oxygen atoms in total. The molecule has 3 heterocycles. The molecule has 0 unspecified atom stereocenters. The van der Waals surface area contributed by atoms with Crippen LogP contribution in [0.2, 0.25) is 5.02 Å². The van der Waals surface area contributed by atoms with Crippen molar-refractivity contribution in [3.63, 3.8) is 0 Å². The molecule has 1 saturated carbocycles. The molecule has 226 valence electrons. The van der Waals surface area contributed by atoms with Crippen molar-refractivity contribution < 1.29 is 31.1 Å². The molecule has 1 atom stereocenters. The van der Waals surface area contributed by atoms with E-state index in [1.54, 1.807) is 12.3 Å². The smallest absolute Gasteiger partial charge is 0.394 e. The molecule has 2 aromatic heterocycles. The highest BCUT2D eigenvalue weighted by atomic mass is 35.5. The SMILES string of the molecule is C[C@@H]1CN(c2nc(-n3ccc(OCCC4(C(F)(F)F)CC4)n3)ccc2C(=O)NS(=O)(=O)c2ccccc2Cl)C(C)(C)C1. The lowest BCUT2D eigenvalue weighted by molar-refractivity contribution is -0.190. The van der Waals surface area contributed by atoms with E-state index in [-0.39, 0.29) is 59.0 Å². The summed E-state index contributed by atoms with van der Waals surface area (Å²) in [6.45, 7) is 6.55. The largest absolute Gasteiger partial charge is 0.477 e. The number of amides is 1. The van der Waals surface area contributed by atoms with Crippen LogP contribution in [0, 0.1) is 11.3 Å². The van der Waals surface area contributed by atoms with E-state index in [4.69, 9.17) is 21.3 Å². The fraction of sp³-hybridized carbons (Fsp3) is 0.464. The zero-order valence-corrected chi connectivity index (χ0v) is 24.9. The quantitative estimate of drug-likeness (QED) is 0.321. The Balaban J connectivity index is 1.41. The number of rotatable bonds is 9. The summed E-state index contributed by atoms with van der Waals surface area (Å²) in [4.78, 5) is 19.9. The molecule has 1 aliphatic heterocycles. The number of benzene rings is 1. The summed E-state index contributed by atoms with van der Waals surface area (Å²) in [5, 5.41) is 4.28. The second-order valence-electron chi connectivity index (χ2n) is 11.6. The summed E-state index contributed by atoms with van der Waals surface area (Å²) < 4.78 is 74.7. The molecular weight excluding hydrogens is 595 g/mol. The predicted octanol–water partition coefficient (Wildman–Crippen LogP) is 5.78. The molecule has 0 spiro atoms. The summed E-state index contributed by atoms with van der Waals surface area (Å²) in [6.07, 6.45) is -1.82. The lowest BCUT2D eigenvalue weighted by Crippen LogP contribution is -2.41. The van der Waals surface area contributed by atoms with Crippen LogP contribution in [0.1, 0.15) is 56.8 Å². The number of anilines is 1. The maximum atomic E-state index is 13.4. The van der Waals surface area contributed by atoms with Crippen LogP contribution in [0.3, 0.4) is 0 Å². The number of carbonyl (C=O) groups excluding carboxylic acids is 1. The molecule has 1 aromatic carbocycles. The van der Waals surface area contributed by atoms with Gasteiger partial charge in [0.15, 0.2) is 5.82 Å². The molecule has 1 amide bonds. The molecule has 2 fully saturated rings. The lowest BCUT2D eigenvalue weighted by Gasteiger charge is -2.34. The van der Waals surface area contributed by atoms with Gasteiger partial charge in [-0.15, -0.1) is 5.10 Å². The monoisotopic (exact) mass is 625 g/mol. The molecule has 5 rings (SSSR count). The molecule has 0 radical (unpaired) electrons. The molecule has 0 bridgehead atoms. The minimum atomic E-state index is -4.28. The Morgan fingerprint density at radius 3 is 2.50 bits per heavy atom. The van der Waals surface area contributed by atoms with Gasteiger partial charge in [-0.25, -0.2) is 22.8 Å². The van der Waals surface area contributed by atoms with Gasteiger partial charge in [-0.3, -0.25) is 4.79 Å². The Morgan fingerprint density at radius 1 is 1.17 bits per heavy atom. The number of aromatic nitrogens is 3. The van der Waals surface area contributed by atoms with E-state index in [1.165, 1.54) is 41.1 Å². The summed E-state index contributed by atoms with van der Waals surface area (Å²) >= 11 is 6.07. The number of sulfonamides is 1. The molecule has 1 N–H and O–H groups in total. The van der Waals surface area contributed by atoms with E-state index in [1.807, 2.05) is 18.7 Å². The predicted molar refractivity (Wildman–Crippen MR) is 151 cm³/mol. The van der Waals surface area contributed by atoms with E-state index < -0.39 is 33.1 Å². The number of halogens is 4. The topological polar surface area (TPSA) is 106 Å². The Hall–Kier alpha value is -3.32. The summed E-state index contributed by atoms with van der Waals surface area (Å²) in [6, 6.07) is 10.3. The number of nitrogens with one attached hydrogen (secondary N) is 1. The van der Waals surface area contributed by atoms with Gasteiger partial charge in [0.05, 0.1) is 22.6 Å². The third-order valence-corrected chi connectivity index (χ3v) is 9.70. The highest BCUT2D eigenvalue weighted by molar-refractivity contribution is 7.90. The van der Waals surface area contributed by atoms with Crippen molar-refractivity contribution in [3.8, 4) is 11.7 Å². The van der Waals surface area contributed by atoms with Gasteiger partial charge >= 0.3 is 6.18 Å². The van der Waals surface area contributed by atoms with Gasteiger partial charge in [-0.2, -0.15) is 13.2 Å². The first kappa shape index (κ1) is 30.1. The average Bonchev–Trinajstić information content (AvgIpc) is 3.46. The van der Waals surface area contributed by atoms with E-state index in [2.05, 4.69) is 16.7 Å². The summed E-state index contributed by atoms with van der Waals surface area (Å²) in [5.41, 5.74) is -2.01. The van der Waals surface area contributed by atoms with Gasteiger partial charge in [-0.05, 0) is 69.7 Å². The lowest BCUT2D eigenvalue weighted by atomic mass is 9.97. The fourth-order valence-electron chi connectivity index (χ4n) is 5.49. The second kappa shape index (κ2) is 10.7. The highest BCUT2D eigenvalue weighted by Crippen LogP contribution is 2.59. The number of hydrogen-bond donors (Lipinski definition) is 1. The normalized spacial score (nSPS) is 19.5. The van der Waals surface area contributed by atoms with Gasteiger partial charge in [0.2, 0.25) is 5.88 Å². The molecule has 42 heavy (non-hydrogen) atoms. The van der Waals surface area contributed by atoms with E-state index in [9.17, 15) is 26.4 Å². The molecule has 1 aliphatic carbocycles. The van der Waals surface area contributed by atoms with Gasteiger partial charge in [0, 0.05) is 24.3 Å². The van der Waals surface area contributed by atoms with E-state index in [0.29, 0.717) is 12.4 Å². The maximum Gasteiger partial charge on any atom is 0.394 e. The van der Waals surface area contributed by atoms with Crippen molar-refractivity contribution in [2.45, 2.75) is 63.1 Å². The van der Waals surface area contributed by atoms with Crippen LogP contribution in [0.25, 0.3) is 5.82 Å². The summed E-state index contributed by atoms with van der Waals surface area (Å²) in [5.74, 6) is 0.133. The molecule has 1 saturated heterocycles. The van der Waals surface area contributed by atoms with E-state index in [0.717, 1.165) is 6.42 Å². The van der Waals surface area contributed by atoms with Crippen LogP contribution in [0.15, 0.2) is 53.6 Å². The van der Waals surface area contributed by atoms with Crippen LogP contribution in [0.4, 0.5) is 19.0 Å². The number of carbonyl (C=O) groups is 1. The fourth-order valence-corrected chi connectivity index (χ4v) is 6.98. The molecule has 2 aliphatic rings. The highest BCUT2D eigenvalue weighted by Gasteiger charge is 2.62. The third-order valence-electron chi connectivity index (χ3n) is 7.87. The zero-order valence-electron chi connectivity index (χ0n) is 23.3. The van der Waals surface area contributed by atoms with Crippen molar-refractivity contribution in [1.29, 1.82) is 0 Å². The summed E-state index contributed by atoms with van der Waals surface area (Å²) in [7, 11) is -4.28. The number of alkyl halides is 3. The van der Waals surface area contributed by atoms with Crippen LogP contribution in [0.5, 0.6) is 5.88 Å². The first-order valence-electron chi connectivity index (χ1n) is 13.5. The minimum absolute atomic E-state index is 0.0246. The van der Waals surface area contributed by atoms with Crippen molar-refractivity contribution in [1.82, 2.24) is 19.5 Å². The van der Waals surface area contributed by atoms with Gasteiger partial charge < -0.3 is 9.64 Å². The van der Waals surface area contributed by atoms with Crippen molar-refractivity contribution in [2.75, 3.05) is 18.1 Å². The second-order valence-corrected chi connectivity index (χ2v) is 13.7. The average molecular weight is 626 g/mol. The zero-order chi connectivity index (χ0) is 30.5. The number of ether oxygens (including phenoxy) is 1. The first-order valence-corrected chi connectivity index (χ1v) is 15.3. The Morgan fingerprint density at radius 2 is 1.88 bits per heavy atom. The Bertz CT molecular complexity index is 1600. The van der Waals surface area contributed by atoms with Gasteiger partial charge in [0.25, 0.3) is 15.9 Å². The van der Waals surface area contributed by atoms with E-state index >= 15 is 0 Å². The van der Waals surface area contributed by atoms with Crippen LogP contribution >= 0.6 is 11.6 Å². The molecule has 3 aromatic rings. The minimum Gasteiger partial charge on any atom is -0.477 e. The van der Waals surface area contributed by atoms with Crippen LogP contribution in [-0.4, -0.2) is 54.0 Å². The van der Waals surface area contributed by atoms with Crippen LogP contribution in [-0.2, 0) is 10.0 Å². The Kier molecular flexibility index (Phi) is 7.71. The van der Waals surface area contributed by atoms with Crippen molar-refractivity contribution >= 4 is 33.3 Å². The number of pyridine rings is 1. The maximum absolute atomic E-state index is 13.4. The van der Waals surface area contributed by atoms with Crippen molar-refractivity contribution in [2.24, 2.45) is 11.3 Å². The Labute approximate surface area is 247 Å². The van der Waals surface area contributed by atoms with Crippen molar-refractivity contribution in [3.05, 3.63) is 59.2 Å². The van der Waals surface area contributed by atoms with Gasteiger partial charge in [0.1, 0.15) is 10.7 Å². The molecular formula is C28H31ClF3N5O4S. The number of nitrogens with zero attached hydrogens (tertiary/aromatic N) is 4. The van der Waals surface area contributed by atoms with Crippen LogP contribution < -0.4 is 14.4 Å². The van der Waals surface area contributed by atoms with Gasteiger partial charge in [-0.1, -0.05) is 30.7 Å². The number of hydrogen-bond acceptors (Lipinski definition) is 7. The third kappa shape index (κ3) is 5.94. The molecule has 14 heteroatoms. The standard InChI is InChI=1S/C28H31ClF3N5O4S/c1-18-16-26(2,3)36(17-18)24-19(25(38)35-42(39,40)21-7-5-4-6-20(21)29)8-9-22(33-24)37-14-10-23(34-37)41-15-13-27(11-12-27)28(30,31)32/h4-10,14,18H,11-13,15-17H2,1-3H3,(H,35,38)/t18-/m0/s1. The first-order chi connectivity index (χ1) is 19.6.